The summed E-state index contributed by atoms with van der Waals surface area (Å²) in [6, 6.07) is 0.868. The molecule has 3 nitrogen and oxygen atoms in total. The largest absolute Gasteiger partial charge is 0.340 e. The average Bonchev–Trinajstić information content (AvgIpc) is 2.16. The Morgan fingerprint density at radius 3 is 2.40 bits per heavy atom. The molecule has 0 spiro atoms. The van der Waals surface area contributed by atoms with Crippen molar-refractivity contribution in [2.24, 2.45) is 0 Å². The molecule has 1 heterocycles. The molecule has 0 saturated carbocycles. The number of unbranched alkanes of at least 4 members (excludes halogenated alkanes) is 2. The summed E-state index contributed by atoms with van der Waals surface area (Å²) in [7, 11) is 0. The number of carbonyl (C=O) groups excluding carboxylic acids is 1. The first-order chi connectivity index (χ1) is 7.13. The first-order valence-electron chi connectivity index (χ1n) is 6.17. The molecule has 2 unspecified atom stereocenters. The monoisotopic (exact) mass is 212 g/mol. The van der Waals surface area contributed by atoms with Gasteiger partial charge in [0, 0.05) is 31.6 Å². The van der Waals surface area contributed by atoms with Crippen molar-refractivity contribution >= 4 is 5.91 Å². The number of rotatable bonds is 4. The third-order valence-electron chi connectivity index (χ3n) is 2.90. The molecule has 0 aromatic heterocycles. The zero-order chi connectivity index (χ0) is 11.3. The summed E-state index contributed by atoms with van der Waals surface area (Å²) in [6.07, 6.45) is 4.12. The Morgan fingerprint density at radius 1 is 1.27 bits per heavy atom. The zero-order valence-corrected chi connectivity index (χ0v) is 10.3. The van der Waals surface area contributed by atoms with Gasteiger partial charge in [0.2, 0.25) is 5.91 Å². The van der Waals surface area contributed by atoms with E-state index in [-0.39, 0.29) is 0 Å². The first kappa shape index (κ1) is 12.5. The molecular formula is C12H24N2O. The summed E-state index contributed by atoms with van der Waals surface area (Å²) >= 11 is 0. The van der Waals surface area contributed by atoms with Crippen LogP contribution in [0.1, 0.15) is 46.5 Å². The van der Waals surface area contributed by atoms with Crippen LogP contribution in [0.5, 0.6) is 0 Å². The van der Waals surface area contributed by atoms with Gasteiger partial charge >= 0.3 is 0 Å². The molecule has 0 radical (unpaired) electrons. The van der Waals surface area contributed by atoms with Gasteiger partial charge in [0.15, 0.2) is 0 Å². The highest BCUT2D eigenvalue weighted by atomic mass is 16.2. The third kappa shape index (κ3) is 4.20. The number of hydrogen-bond donors (Lipinski definition) is 1. The van der Waals surface area contributed by atoms with Crippen molar-refractivity contribution in [2.75, 3.05) is 13.1 Å². The van der Waals surface area contributed by atoms with Gasteiger partial charge in [-0.3, -0.25) is 4.79 Å². The highest BCUT2D eigenvalue weighted by Crippen LogP contribution is 2.08. The van der Waals surface area contributed by atoms with Crippen LogP contribution in [0.25, 0.3) is 0 Å². The van der Waals surface area contributed by atoms with E-state index in [2.05, 4.69) is 26.1 Å². The lowest BCUT2D eigenvalue weighted by atomic mass is 10.1. The van der Waals surface area contributed by atoms with E-state index in [0.29, 0.717) is 18.0 Å². The second-order valence-electron chi connectivity index (χ2n) is 4.72. The fourth-order valence-corrected chi connectivity index (χ4v) is 2.21. The molecule has 2 atom stereocenters. The van der Waals surface area contributed by atoms with Gasteiger partial charge in [-0.15, -0.1) is 0 Å². The molecule has 0 bridgehead atoms. The Labute approximate surface area is 93.2 Å². The number of amides is 1. The SMILES string of the molecule is CCCCCC(=O)N1CC(C)NC(C)C1. The molecular weight excluding hydrogens is 188 g/mol. The highest BCUT2D eigenvalue weighted by molar-refractivity contribution is 5.76. The normalized spacial score (nSPS) is 26.7. The molecule has 3 heteroatoms. The molecule has 1 saturated heterocycles. The molecule has 0 aromatic rings. The van der Waals surface area contributed by atoms with Crippen LogP contribution in [0.3, 0.4) is 0 Å². The van der Waals surface area contributed by atoms with Crippen LogP contribution in [-0.2, 0) is 4.79 Å². The lowest BCUT2D eigenvalue weighted by Gasteiger charge is -2.36. The van der Waals surface area contributed by atoms with Gasteiger partial charge in [-0.25, -0.2) is 0 Å². The quantitative estimate of drug-likeness (QED) is 0.720. The maximum Gasteiger partial charge on any atom is 0.222 e. The highest BCUT2D eigenvalue weighted by Gasteiger charge is 2.23. The summed E-state index contributed by atoms with van der Waals surface area (Å²) in [5.74, 6) is 0.337. The molecule has 88 valence electrons. The summed E-state index contributed by atoms with van der Waals surface area (Å²) in [4.78, 5) is 13.9. The van der Waals surface area contributed by atoms with E-state index >= 15 is 0 Å². The van der Waals surface area contributed by atoms with Crippen LogP contribution in [-0.4, -0.2) is 36.0 Å². The maximum atomic E-state index is 11.9. The van der Waals surface area contributed by atoms with E-state index in [1.807, 2.05) is 4.90 Å². The van der Waals surface area contributed by atoms with E-state index in [4.69, 9.17) is 0 Å². The van der Waals surface area contributed by atoms with Crippen molar-refractivity contribution in [1.82, 2.24) is 10.2 Å². The second kappa shape index (κ2) is 6.11. The van der Waals surface area contributed by atoms with Gasteiger partial charge in [0.25, 0.3) is 0 Å². The van der Waals surface area contributed by atoms with Crippen LogP contribution in [0.15, 0.2) is 0 Å². The van der Waals surface area contributed by atoms with Gasteiger partial charge < -0.3 is 10.2 Å². The van der Waals surface area contributed by atoms with Crippen molar-refractivity contribution < 1.29 is 4.79 Å². The molecule has 15 heavy (non-hydrogen) atoms. The van der Waals surface area contributed by atoms with Gasteiger partial charge in [0.1, 0.15) is 0 Å². The number of nitrogens with one attached hydrogen (secondary N) is 1. The molecule has 1 N–H and O–H groups in total. The number of carbonyl (C=O) groups is 1. The molecule has 1 rings (SSSR count). The minimum absolute atomic E-state index is 0.337. The summed E-state index contributed by atoms with van der Waals surface area (Å²) in [5, 5.41) is 3.44. The first-order valence-corrected chi connectivity index (χ1v) is 6.17. The fourth-order valence-electron chi connectivity index (χ4n) is 2.21. The lowest BCUT2D eigenvalue weighted by Crippen LogP contribution is -2.55. The average molecular weight is 212 g/mol. The molecule has 1 aliphatic heterocycles. The van der Waals surface area contributed by atoms with E-state index in [1.165, 1.54) is 12.8 Å². The van der Waals surface area contributed by atoms with Crippen molar-refractivity contribution in [1.29, 1.82) is 0 Å². The van der Waals surface area contributed by atoms with Crippen LogP contribution < -0.4 is 5.32 Å². The van der Waals surface area contributed by atoms with Gasteiger partial charge in [-0.1, -0.05) is 19.8 Å². The molecule has 1 amide bonds. The van der Waals surface area contributed by atoms with Crippen LogP contribution in [0.4, 0.5) is 0 Å². The van der Waals surface area contributed by atoms with E-state index in [1.54, 1.807) is 0 Å². The smallest absolute Gasteiger partial charge is 0.222 e. The van der Waals surface area contributed by atoms with Crippen molar-refractivity contribution in [3.63, 3.8) is 0 Å². The molecule has 0 aliphatic carbocycles. The Hall–Kier alpha value is -0.570. The van der Waals surface area contributed by atoms with Gasteiger partial charge in [0.05, 0.1) is 0 Å². The number of nitrogens with zero attached hydrogens (tertiary/aromatic N) is 1. The number of piperazine rings is 1. The summed E-state index contributed by atoms with van der Waals surface area (Å²) in [6.45, 7) is 8.19. The van der Waals surface area contributed by atoms with E-state index in [9.17, 15) is 4.79 Å². The Kier molecular flexibility index (Phi) is 5.09. The minimum atomic E-state index is 0.337. The standard InChI is InChI=1S/C12H24N2O/c1-4-5-6-7-12(15)14-8-10(2)13-11(3)9-14/h10-11,13H,4-9H2,1-3H3. The topological polar surface area (TPSA) is 32.3 Å². The molecule has 0 aromatic carbocycles. The summed E-state index contributed by atoms with van der Waals surface area (Å²) < 4.78 is 0. The predicted octanol–water partition coefficient (Wildman–Crippen LogP) is 1.78. The summed E-state index contributed by atoms with van der Waals surface area (Å²) in [5.41, 5.74) is 0. The van der Waals surface area contributed by atoms with E-state index in [0.717, 1.165) is 25.9 Å². The lowest BCUT2D eigenvalue weighted by molar-refractivity contribution is -0.133. The Morgan fingerprint density at radius 2 is 1.87 bits per heavy atom. The third-order valence-corrected chi connectivity index (χ3v) is 2.90. The van der Waals surface area contributed by atoms with E-state index < -0.39 is 0 Å². The predicted molar refractivity (Wildman–Crippen MR) is 62.8 cm³/mol. The Bertz CT molecular complexity index is 196. The second-order valence-corrected chi connectivity index (χ2v) is 4.72. The van der Waals surface area contributed by atoms with Crippen LogP contribution in [0, 0.1) is 0 Å². The van der Waals surface area contributed by atoms with Crippen molar-refractivity contribution in [2.45, 2.75) is 58.5 Å². The fraction of sp³-hybridized carbons (Fsp3) is 0.917. The van der Waals surface area contributed by atoms with Gasteiger partial charge in [-0.05, 0) is 20.3 Å². The van der Waals surface area contributed by atoms with Crippen LogP contribution >= 0.6 is 0 Å². The maximum absolute atomic E-state index is 11.9. The van der Waals surface area contributed by atoms with Crippen molar-refractivity contribution in [3.8, 4) is 0 Å². The van der Waals surface area contributed by atoms with Crippen molar-refractivity contribution in [3.05, 3.63) is 0 Å². The molecule has 1 aliphatic rings. The van der Waals surface area contributed by atoms with Gasteiger partial charge in [-0.2, -0.15) is 0 Å². The zero-order valence-electron chi connectivity index (χ0n) is 10.3. The minimum Gasteiger partial charge on any atom is -0.340 e. The Balaban J connectivity index is 2.31. The number of hydrogen-bond acceptors (Lipinski definition) is 2. The molecule has 1 fully saturated rings. The van der Waals surface area contributed by atoms with Crippen LogP contribution in [0.2, 0.25) is 0 Å².